The zero-order chi connectivity index (χ0) is 23.1. The number of carbonyl (C=O) groups excluding carboxylic acids is 1. The zero-order valence-electron chi connectivity index (χ0n) is 18.2. The van der Waals surface area contributed by atoms with E-state index in [1.54, 1.807) is 37.3 Å². The molecule has 3 rings (SSSR count). The number of amides is 1. The molecule has 0 unspecified atom stereocenters. The van der Waals surface area contributed by atoms with Crippen molar-refractivity contribution in [3.05, 3.63) is 83.9 Å². The van der Waals surface area contributed by atoms with Crippen LogP contribution in [0.3, 0.4) is 0 Å². The van der Waals surface area contributed by atoms with Crippen molar-refractivity contribution in [2.24, 2.45) is 0 Å². The summed E-state index contributed by atoms with van der Waals surface area (Å²) in [6.45, 7) is 1.76. The third kappa shape index (κ3) is 5.87. The quantitative estimate of drug-likeness (QED) is 0.516. The fraction of sp³-hybridized carbons (Fsp3) is 0.208. The number of aryl methyl sites for hydroxylation is 1. The van der Waals surface area contributed by atoms with E-state index < -0.39 is 22.0 Å². The van der Waals surface area contributed by atoms with E-state index in [2.05, 4.69) is 10.0 Å². The van der Waals surface area contributed by atoms with Crippen molar-refractivity contribution in [1.82, 2.24) is 4.72 Å². The first-order chi connectivity index (χ1) is 15.3. The standard InChI is InChI=1S/C24H26N2O5S/c1-17-14-21(12-13-23(17)31-3)32(28,29)26-22(15-18-8-5-4-6-9-18)24(27)25-19-10-7-11-20(16-19)30-2/h4-14,16,22,26H,15H2,1-3H3,(H,25,27)/t22-/m0/s1. The molecule has 1 amide bonds. The van der Waals surface area contributed by atoms with Crippen LogP contribution >= 0.6 is 0 Å². The van der Waals surface area contributed by atoms with Crippen LogP contribution in [0.4, 0.5) is 5.69 Å². The molecular formula is C24H26N2O5S. The van der Waals surface area contributed by atoms with Crippen LogP contribution in [0.15, 0.2) is 77.7 Å². The lowest BCUT2D eigenvalue weighted by molar-refractivity contribution is -0.117. The van der Waals surface area contributed by atoms with Gasteiger partial charge in [-0.15, -0.1) is 0 Å². The molecule has 8 heteroatoms. The molecule has 0 aliphatic heterocycles. The fourth-order valence-corrected chi connectivity index (χ4v) is 4.52. The molecule has 7 nitrogen and oxygen atoms in total. The van der Waals surface area contributed by atoms with Gasteiger partial charge < -0.3 is 14.8 Å². The summed E-state index contributed by atoms with van der Waals surface area (Å²) in [6, 6.07) is 19.6. The van der Waals surface area contributed by atoms with E-state index in [9.17, 15) is 13.2 Å². The van der Waals surface area contributed by atoms with E-state index in [0.29, 0.717) is 22.7 Å². The number of sulfonamides is 1. The van der Waals surface area contributed by atoms with Crippen molar-refractivity contribution in [3.8, 4) is 11.5 Å². The van der Waals surface area contributed by atoms with Crippen LogP contribution in [0, 0.1) is 6.92 Å². The summed E-state index contributed by atoms with van der Waals surface area (Å²) < 4.78 is 39.1. The van der Waals surface area contributed by atoms with Crippen molar-refractivity contribution in [2.75, 3.05) is 19.5 Å². The minimum Gasteiger partial charge on any atom is -0.497 e. The van der Waals surface area contributed by atoms with Crippen LogP contribution in [0.2, 0.25) is 0 Å². The van der Waals surface area contributed by atoms with Crippen LogP contribution in [0.1, 0.15) is 11.1 Å². The second kappa shape index (κ2) is 10.3. The first-order valence-electron chi connectivity index (χ1n) is 9.98. The van der Waals surface area contributed by atoms with E-state index in [1.165, 1.54) is 26.4 Å². The van der Waals surface area contributed by atoms with Crippen LogP contribution < -0.4 is 19.5 Å². The highest BCUT2D eigenvalue weighted by atomic mass is 32.2. The molecule has 2 N–H and O–H groups in total. The third-order valence-electron chi connectivity index (χ3n) is 4.91. The van der Waals surface area contributed by atoms with Crippen molar-refractivity contribution < 1.29 is 22.7 Å². The van der Waals surface area contributed by atoms with Gasteiger partial charge in [-0.2, -0.15) is 4.72 Å². The number of anilines is 1. The first-order valence-corrected chi connectivity index (χ1v) is 11.5. The highest BCUT2D eigenvalue weighted by Crippen LogP contribution is 2.22. The van der Waals surface area contributed by atoms with Gasteiger partial charge in [0.15, 0.2) is 0 Å². The molecule has 0 bridgehead atoms. The van der Waals surface area contributed by atoms with E-state index in [4.69, 9.17) is 9.47 Å². The Morgan fingerprint density at radius 2 is 1.69 bits per heavy atom. The molecule has 0 fully saturated rings. The first kappa shape index (κ1) is 23.3. The van der Waals surface area contributed by atoms with Gasteiger partial charge in [-0.05, 0) is 54.8 Å². The van der Waals surface area contributed by atoms with Crippen LogP contribution in [-0.4, -0.2) is 34.6 Å². The molecular weight excluding hydrogens is 428 g/mol. The van der Waals surface area contributed by atoms with E-state index >= 15 is 0 Å². The maximum atomic E-state index is 13.1. The normalized spacial score (nSPS) is 12.1. The molecule has 0 aromatic heterocycles. The number of ether oxygens (including phenoxy) is 2. The molecule has 168 valence electrons. The number of hydrogen-bond acceptors (Lipinski definition) is 5. The lowest BCUT2D eigenvalue weighted by Crippen LogP contribution is -2.45. The highest BCUT2D eigenvalue weighted by molar-refractivity contribution is 7.89. The monoisotopic (exact) mass is 454 g/mol. The maximum Gasteiger partial charge on any atom is 0.242 e. The van der Waals surface area contributed by atoms with Crippen LogP contribution in [0.5, 0.6) is 11.5 Å². The average molecular weight is 455 g/mol. The molecule has 32 heavy (non-hydrogen) atoms. The van der Waals surface area contributed by atoms with Crippen LogP contribution in [0.25, 0.3) is 0 Å². The van der Waals surface area contributed by atoms with Crippen molar-refractivity contribution >= 4 is 21.6 Å². The molecule has 0 spiro atoms. The Morgan fingerprint density at radius 3 is 2.34 bits per heavy atom. The minimum atomic E-state index is -3.97. The Hall–Kier alpha value is -3.36. The van der Waals surface area contributed by atoms with Gasteiger partial charge in [-0.25, -0.2) is 8.42 Å². The lowest BCUT2D eigenvalue weighted by Gasteiger charge is -2.19. The number of hydrogen-bond donors (Lipinski definition) is 2. The van der Waals surface area contributed by atoms with E-state index in [0.717, 1.165) is 5.56 Å². The summed E-state index contributed by atoms with van der Waals surface area (Å²) >= 11 is 0. The summed E-state index contributed by atoms with van der Waals surface area (Å²) in [7, 11) is -0.915. The molecule has 0 saturated heterocycles. The topological polar surface area (TPSA) is 93.7 Å². The molecule has 1 atom stereocenters. The fourth-order valence-electron chi connectivity index (χ4n) is 3.24. The van der Waals surface area contributed by atoms with Crippen molar-refractivity contribution in [3.63, 3.8) is 0 Å². The second-order valence-electron chi connectivity index (χ2n) is 7.22. The number of rotatable bonds is 9. The van der Waals surface area contributed by atoms with Gasteiger partial charge in [0, 0.05) is 11.8 Å². The smallest absolute Gasteiger partial charge is 0.242 e. The van der Waals surface area contributed by atoms with Gasteiger partial charge >= 0.3 is 0 Å². The molecule has 3 aromatic carbocycles. The number of carbonyl (C=O) groups is 1. The molecule has 0 saturated carbocycles. The average Bonchev–Trinajstić information content (AvgIpc) is 2.79. The van der Waals surface area contributed by atoms with Gasteiger partial charge in [0.05, 0.1) is 19.1 Å². The van der Waals surface area contributed by atoms with Crippen molar-refractivity contribution in [2.45, 2.75) is 24.3 Å². The number of methoxy groups -OCH3 is 2. The Kier molecular flexibility index (Phi) is 7.50. The summed E-state index contributed by atoms with van der Waals surface area (Å²) in [5, 5.41) is 2.77. The lowest BCUT2D eigenvalue weighted by atomic mass is 10.1. The molecule has 0 radical (unpaired) electrons. The molecule has 3 aromatic rings. The van der Waals surface area contributed by atoms with Gasteiger partial charge in [-0.1, -0.05) is 36.4 Å². The van der Waals surface area contributed by atoms with Crippen molar-refractivity contribution in [1.29, 1.82) is 0 Å². The number of benzene rings is 3. The second-order valence-corrected chi connectivity index (χ2v) is 8.93. The summed E-state index contributed by atoms with van der Waals surface area (Å²) in [5.74, 6) is 0.688. The summed E-state index contributed by atoms with van der Waals surface area (Å²) in [5.41, 5.74) is 2.01. The third-order valence-corrected chi connectivity index (χ3v) is 6.38. The van der Waals surface area contributed by atoms with Gasteiger partial charge in [0.2, 0.25) is 15.9 Å². The van der Waals surface area contributed by atoms with Gasteiger partial charge in [0.25, 0.3) is 0 Å². The minimum absolute atomic E-state index is 0.0584. The van der Waals surface area contributed by atoms with Gasteiger partial charge in [0.1, 0.15) is 17.5 Å². The Morgan fingerprint density at radius 1 is 0.938 bits per heavy atom. The molecule has 0 aliphatic carbocycles. The molecule has 0 heterocycles. The predicted molar refractivity (Wildman–Crippen MR) is 124 cm³/mol. The van der Waals surface area contributed by atoms with E-state index in [1.807, 2.05) is 30.3 Å². The number of nitrogens with one attached hydrogen (secondary N) is 2. The predicted octanol–water partition coefficient (Wildman–Crippen LogP) is 3.54. The van der Waals surface area contributed by atoms with Gasteiger partial charge in [-0.3, -0.25) is 4.79 Å². The summed E-state index contributed by atoms with van der Waals surface area (Å²) in [6.07, 6.45) is 0.186. The highest BCUT2D eigenvalue weighted by Gasteiger charge is 2.27. The Bertz CT molecular complexity index is 1180. The van der Waals surface area contributed by atoms with E-state index in [-0.39, 0.29) is 11.3 Å². The largest absolute Gasteiger partial charge is 0.497 e. The maximum absolute atomic E-state index is 13.1. The Labute approximate surface area is 188 Å². The Balaban J connectivity index is 1.88. The van der Waals surface area contributed by atoms with Crippen LogP contribution in [-0.2, 0) is 21.2 Å². The SMILES string of the molecule is COc1cccc(NC(=O)[C@H](Cc2ccccc2)NS(=O)(=O)c2ccc(OC)c(C)c2)c1. The molecule has 0 aliphatic rings. The summed E-state index contributed by atoms with van der Waals surface area (Å²) in [4.78, 5) is 13.2. The zero-order valence-corrected chi connectivity index (χ0v) is 19.0.